The van der Waals surface area contributed by atoms with E-state index in [1.807, 2.05) is 0 Å². The van der Waals surface area contributed by atoms with Crippen LogP contribution in [-0.2, 0) is 20.4 Å². The Kier molecular flexibility index (Phi) is 8.20. The van der Waals surface area contributed by atoms with Gasteiger partial charge in [0.15, 0.2) is 6.61 Å². The minimum absolute atomic E-state index is 0.00876. The number of rotatable bonds is 7. The van der Waals surface area contributed by atoms with Crippen LogP contribution in [0.4, 0.5) is 18.2 Å². The SMILES string of the molecule is CCOC(=O)c1c(NC(=O)COC(=O)c2ccc(C(F)(F)F)cc2)sc(C(=O)N(C)C)c1C. The van der Waals surface area contributed by atoms with Crippen molar-refractivity contribution in [3.8, 4) is 0 Å². The van der Waals surface area contributed by atoms with Crippen molar-refractivity contribution in [1.29, 1.82) is 0 Å². The van der Waals surface area contributed by atoms with Gasteiger partial charge in [-0.2, -0.15) is 13.2 Å². The van der Waals surface area contributed by atoms with Crippen molar-refractivity contribution in [3.63, 3.8) is 0 Å². The molecule has 0 unspecified atom stereocenters. The summed E-state index contributed by atoms with van der Waals surface area (Å²) < 4.78 is 47.7. The largest absolute Gasteiger partial charge is 0.462 e. The van der Waals surface area contributed by atoms with Crippen molar-refractivity contribution >= 4 is 40.1 Å². The first-order valence-corrected chi connectivity index (χ1v) is 10.3. The van der Waals surface area contributed by atoms with Gasteiger partial charge in [-0.25, -0.2) is 9.59 Å². The minimum Gasteiger partial charge on any atom is -0.462 e. The molecule has 2 rings (SSSR count). The number of thiophene rings is 1. The normalized spacial score (nSPS) is 11.0. The third-order valence-corrected chi connectivity index (χ3v) is 5.46. The summed E-state index contributed by atoms with van der Waals surface area (Å²) >= 11 is 0.869. The summed E-state index contributed by atoms with van der Waals surface area (Å²) in [6.07, 6.45) is -4.55. The van der Waals surface area contributed by atoms with E-state index < -0.39 is 36.2 Å². The van der Waals surface area contributed by atoms with Crippen molar-refractivity contribution in [2.24, 2.45) is 0 Å². The van der Waals surface area contributed by atoms with Gasteiger partial charge in [0.2, 0.25) is 0 Å². The molecule has 178 valence electrons. The number of nitrogens with zero attached hydrogens (tertiary/aromatic N) is 1. The second kappa shape index (κ2) is 10.5. The van der Waals surface area contributed by atoms with Crippen molar-refractivity contribution in [3.05, 3.63) is 51.4 Å². The highest BCUT2D eigenvalue weighted by atomic mass is 32.1. The lowest BCUT2D eigenvalue weighted by molar-refractivity contribution is -0.137. The van der Waals surface area contributed by atoms with Gasteiger partial charge in [0.05, 0.1) is 28.2 Å². The quantitative estimate of drug-likeness (QED) is 0.598. The molecule has 0 fully saturated rings. The maximum atomic E-state index is 12.6. The number of ether oxygens (including phenoxy) is 2. The van der Waals surface area contributed by atoms with Gasteiger partial charge in [-0.05, 0) is 43.7 Å². The van der Waals surface area contributed by atoms with Crippen LogP contribution in [0.25, 0.3) is 0 Å². The molecular weight excluding hydrogens is 465 g/mol. The molecule has 2 amide bonds. The molecule has 33 heavy (non-hydrogen) atoms. The molecule has 1 N–H and O–H groups in total. The number of esters is 2. The summed E-state index contributed by atoms with van der Waals surface area (Å²) in [7, 11) is 3.06. The fourth-order valence-corrected chi connectivity index (χ4v) is 3.86. The Bertz CT molecular complexity index is 1060. The molecule has 12 heteroatoms. The van der Waals surface area contributed by atoms with Gasteiger partial charge in [-0.3, -0.25) is 9.59 Å². The lowest BCUT2D eigenvalue weighted by Crippen LogP contribution is -2.22. The number of carbonyl (C=O) groups excluding carboxylic acids is 4. The molecule has 0 bridgehead atoms. The standard InChI is InChI=1S/C21H21F3N2O6S/c1-5-31-20(30)15-11(2)16(18(28)26(3)4)33-17(15)25-14(27)10-32-19(29)12-6-8-13(9-7-12)21(22,23)24/h6-9H,5,10H2,1-4H3,(H,25,27). The molecule has 0 aliphatic rings. The van der Waals surface area contributed by atoms with Crippen molar-refractivity contribution in [1.82, 2.24) is 4.90 Å². The van der Waals surface area contributed by atoms with Crippen LogP contribution in [0.5, 0.6) is 0 Å². The van der Waals surface area contributed by atoms with E-state index in [1.165, 1.54) is 19.0 Å². The molecular formula is C21H21F3N2O6S. The average molecular weight is 486 g/mol. The first-order chi connectivity index (χ1) is 15.4. The molecule has 0 saturated heterocycles. The second-order valence-corrected chi connectivity index (χ2v) is 7.90. The Labute approximate surface area is 191 Å². The predicted octanol–water partition coefficient (Wildman–Crippen LogP) is 3.75. The fraction of sp³-hybridized carbons (Fsp3) is 0.333. The van der Waals surface area contributed by atoms with Gasteiger partial charge in [0, 0.05) is 14.1 Å². The second-order valence-electron chi connectivity index (χ2n) is 6.88. The lowest BCUT2D eigenvalue weighted by atomic mass is 10.1. The first kappa shape index (κ1) is 25.8. The van der Waals surface area contributed by atoms with E-state index in [9.17, 15) is 32.3 Å². The van der Waals surface area contributed by atoms with Gasteiger partial charge >= 0.3 is 18.1 Å². The highest BCUT2D eigenvalue weighted by molar-refractivity contribution is 7.18. The molecule has 1 aromatic carbocycles. The number of anilines is 1. The molecule has 0 spiro atoms. The van der Waals surface area contributed by atoms with Crippen LogP contribution in [0.15, 0.2) is 24.3 Å². The van der Waals surface area contributed by atoms with Crippen molar-refractivity contribution in [2.45, 2.75) is 20.0 Å². The maximum absolute atomic E-state index is 12.6. The summed E-state index contributed by atoms with van der Waals surface area (Å²) in [5, 5.41) is 2.47. The number of hydrogen-bond acceptors (Lipinski definition) is 7. The molecule has 0 atom stereocenters. The Hall–Kier alpha value is -3.41. The van der Waals surface area contributed by atoms with Gasteiger partial charge < -0.3 is 19.7 Å². The van der Waals surface area contributed by atoms with Crippen LogP contribution in [0, 0.1) is 6.92 Å². The van der Waals surface area contributed by atoms with Gasteiger partial charge in [-0.1, -0.05) is 0 Å². The number of nitrogens with one attached hydrogen (secondary N) is 1. The smallest absolute Gasteiger partial charge is 0.416 e. The van der Waals surface area contributed by atoms with Crippen LogP contribution in [-0.4, -0.2) is 56.0 Å². The van der Waals surface area contributed by atoms with Crippen LogP contribution in [0.2, 0.25) is 0 Å². The summed E-state index contributed by atoms with van der Waals surface area (Å²) in [6, 6.07) is 3.31. The van der Waals surface area contributed by atoms with E-state index in [0.717, 1.165) is 35.6 Å². The van der Waals surface area contributed by atoms with E-state index in [4.69, 9.17) is 9.47 Å². The van der Waals surface area contributed by atoms with Crippen LogP contribution in [0.3, 0.4) is 0 Å². The highest BCUT2D eigenvalue weighted by Crippen LogP contribution is 2.34. The molecule has 2 aromatic rings. The van der Waals surface area contributed by atoms with Crippen LogP contribution < -0.4 is 5.32 Å². The summed E-state index contributed by atoms with van der Waals surface area (Å²) in [5.41, 5.74) is -0.767. The van der Waals surface area contributed by atoms with E-state index >= 15 is 0 Å². The zero-order chi connectivity index (χ0) is 24.9. The number of amides is 2. The molecule has 0 aliphatic heterocycles. The molecule has 0 radical (unpaired) electrons. The average Bonchev–Trinajstić information content (AvgIpc) is 3.06. The summed E-state index contributed by atoms with van der Waals surface area (Å²) in [4.78, 5) is 50.6. The Balaban J connectivity index is 2.14. The van der Waals surface area contributed by atoms with Gasteiger partial charge in [-0.15, -0.1) is 11.3 Å². The Morgan fingerprint density at radius 2 is 1.64 bits per heavy atom. The van der Waals surface area contributed by atoms with Crippen LogP contribution in [0.1, 0.15) is 48.4 Å². The highest BCUT2D eigenvalue weighted by Gasteiger charge is 2.30. The maximum Gasteiger partial charge on any atom is 0.416 e. The fourth-order valence-electron chi connectivity index (χ4n) is 2.63. The Morgan fingerprint density at radius 1 is 1.03 bits per heavy atom. The number of carbonyl (C=O) groups is 4. The topological polar surface area (TPSA) is 102 Å². The van der Waals surface area contributed by atoms with E-state index in [-0.39, 0.29) is 33.5 Å². The predicted molar refractivity (Wildman–Crippen MR) is 113 cm³/mol. The summed E-state index contributed by atoms with van der Waals surface area (Å²) in [6.45, 7) is 2.45. The number of hydrogen-bond donors (Lipinski definition) is 1. The lowest BCUT2D eigenvalue weighted by Gasteiger charge is -2.09. The summed E-state index contributed by atoms with van der Waals surface area (Å²) in [5.74, 6) is -2.93. The molecule has 1 heterocycles. The molecule has 8 nitrogen and oxygen atoms in total. The third-order valence-electron chi connectivity index (χ3n) is 4.26. The number of benzene rings is 1. The van der Waals surface area contributed by atoms with Crippen LogP contribution >= 0.6 is 11.3 Å². The van der Waals surface area contributed by atoms with Gasteiger partial charge in [0.1, 0.15) is 5.00 Å². The molecule has 0 aliphatic carbocycles. The van der Waals surface area contributed by atoms with E-state index in [1.54, 1.807) is 13.8 Å². The minimum atomic E-state index is -4.55. The first-order valence-electron chi connectivity index (χ1n) is 9.53. The van der Waals surface area contributed by atoms with Crippen molar-refractivity contribution < 1.29 is 41.8 Å². The van der Waals surface area contributed by atoms with Gasteiger partial charge in [0.25, 0.3) is 11.8 Å². The third kappa shape index (κ3) is 6.31. The Morgan fingerprint density at radius 3 is 2.15 bits per heavy atom. The molecule has 0 saturated carbocycles. The monoisotopic (exact) mass is 486 g/mol. The van der Waals surface area contributed by atoms with E-state index in [0.29, 0.717) is 5.56 Å². The number of alkyl halides is 3. The zero-order valence-corrected chi connectivity index (χ0v) is 19.0. The molecule has 1 aromatic heterocycles. The van der Waals surface area contributed by atoms with E-state index in [2.05, 4.69) is 5.32 Å². The van der Waals surface area contributed by atoms with Crippen molar-refractivity contribution in [2.75, 3.05) is 32.6 Å². The zero-order valence-electron chi connectivity index (χ0n) is 18.2. The number of halogens is 3.